The van der Waals surface area contributed by atoms with Gasteiger partial charge in [-0.2, -0.15) is 0 Å². The summed E-state index contributed by atoms with van der Waals surface area (Å²) < 4.78 is 29.2. The molecule has 0 amide bonds. The Hall–Kier alpha value is -0.350. The molecule has 0 N–H and O–H groups in total. The molecular weight excluding hydrogens is 277 g/mol. The van der Waals surface area contributed by atoms with E-state index in [9.17, 15) is 8.78 Å². The predicted molar refractivity (Wildman–Crippen MR) is 55.2 cm³/mol. The van der Waals surface area contributed by atoms with E-state index in [0.717, 1.165) is 5.56 Å². The lowest BCUT2D eigenvalue weighted by atomic mass is 10.2. The van der Waals surface area contributed by atoms with Crippen LogP contribution < -0.4 is 4.74 Å². The number of hydrogen-bond donors (Lipinski definition) is 0. The number of benzene rings is 1. The molecule has 1 rings (SSSR count). The average Bonchev–Trinajstić information content (AvgIpc) is 2.15. The minimum Gasteiger partial charge on any atom is -0.486 e. The van der Waals surface area contributed by atoms with Crippen molar-refractivity contribution in [1.82, 2.24) is 0 Å². The van der Waals surface area contributed by atoms with Gasteiger partial charge in [-0.25, -0.2) is 8.78 Å². The highest BCUT2D eigenvalue weighted by Crippen LogP contribution is 2.26. The number of rotatable bonds is 4. The van der Waals surface area contributed by atoms with E-state index < -0.39 is 13.0 Å². The van der Waals surface area contributed by atoms with Crippen molar-refractivity contribution in [2.24, 2.45) is 0 Å². The zero-order chi connectivity index (χ0) is 10.6. The first-order valence-electron chi connectivity index (χ1n) is 3.89. The van der Waals surface area contributed by atoms with Crippen LogP contribution in [0.2, 0.25) is 0 Å². The van der Waals surface area contributed by atoms with Gasteiger partial charge in [-0.15, -0.1) is 11.6 Å². The van der Waals surface area contributed by atoms with Crippen molar-refractivity contribution < 1.29 is 13.5 Å². The Morgan fingerprint density at radius 3 is 2.64 bits per heavy atom. The van der Waals surface area contributed by atoms with Crippen molar-refractivity contribution in [3.63, 3.8) is 0 Å². The molecule has 0 radical (unpaired) electrons. The highest BCUT2D eigenvalue weighted by molar-refractivity contribution is 9.10. The van der Waals surface area contributed by atoms with Crippen LogP contribution >= 0.6 is 27.5 Å². The Bertz CT molecular complexity index is 307. The van der Waals surface area contributed by atoms with Gasteiger partial charge in [0.05, 0.1) is 4.47 Å². The van der Waals surface area contributed by atoms with Gasteiger partial charge in [0.1, 0.15) is 12.4 Å². The van der Waals surface area contributed by atoms with Crippen LogP contribution in [0.25, 0.3) is 0 Å². The van der Waals surface area contributed by atoms with Gasteiger partial charge in [-0.05, 0) is 33.6 Å². The lowest BCUT2D eigenvalue weighted by Gasteiger charge is -2.08. The maximum Gasteiger partial charge on any atom is 0.272 e. The lowest BCUT2D eigenvalue weighted by molar-refractivity contribution is 0.0815. The van der Waals surface area contributed by atoms with E-state index in [1.54, 1.807) is 18.2 Å². The van der Waals surface area contributed by atoms with Gasteiger partial charge in [0.2, 0.25) is 0 Å². The summed E-state index contributed by atoms with van der Waals surface area (Å²) in [5.41, 5.74) is 0.905. The van der Waals surface area contributed by atoms with Gasteiger partial charge in [0, 0.05) is 5.88 Å². The van der Waals surface area contributed by atoms with Crippen molar-refractivity contribution in [2.45, 2.75) is 12.3 Å². The van der Waals surface area contributed by atoms with Crippen LogP contribution in [0.1, 0.15) is 5.56 Å². The molecule has 78 valence electrons. The molecule has 0 heterocycles. The monoisotopic (exact) mass is 284 g/mol. The quantitative estimate of drug-likeness (QED) is 0.764. The molecule has 0 aliphatic rings. The van der Waals surface area contributed by atoms with Gasteiger partial charge in [-0.3, -0.25) is 0 Å². The van der Waals surface area contributed by atoms with E-state index in [2.05, 4.69) is 15.9 Å². The molecule has 0 bridgehead atoms. The van der Waals surface area contributed by atoms with E-state index in [4.69, 9.17) is 16.3 Å². The van der Waals surface area contributed by atoms with Crippen LogP contribution in [-0.4, -0.2) is 13.0 Å². The Kier molecular flexibility index (Phi) is 4.62. The zero-order valence-electron chi connectivity index (χ0n) is 7.14. The third-order valence-corrected chi connectivity index (χ3v) is 2.44. The third-order valence-electron chi connectivity index (χ3n) is 1.52. The first-order valence-corrected chi connectivity index (χ1v) is 5.21. The summed E-state index contributed by atoms with van der Waals surface area (Å²) in [6.07, 6.45) is -2.46. The molecule has 1 aromatic carbocycles. The Morgan fingerprint density at radius 1 is 1.43 bits per heavy atom. The van der Waals surface area contributed by atoms with Crippen LogP contribution in [0, 0.1) is 0 Å². The second-order valence-electron chi connectivity index (χ2n) is 2.60. The minimum atomic E-state index is -2.46. The second-order valence-corrected chi connectivity index (χ2v) is 3.72. The molecular formula is C9H8BrClF2O. The van der Waals surface area contributed by atoms with Gasteiger partial charge in [0.25, 0.3) is 6.43 Å². The maximum absolute atomic E-state index is 11.8. The highest BCUT2D eigenvalue weighted by atomic mass is 79.9. The van der Waals surface area contributed by atoms with Crippen LogP contribution in [0.15, 0.2) is 22.7 Å². The fourth-order valence-electron chi connectivity index (χ4n) is 0.897. The highest BCUT2D eigenvalue weighted by Gasteiger charge is 2.06. The average molecular weight is 286 g/mol. The first-order chi connectivity index (χ1) is 6.63. The third kappa shape index (κ3) is 3.42. The van der Waals surface area contributed by atoms with Crippen molar-refractivity contribution in [3.05, 3.63) is 28.2 Å². The molecule has 0 saturated heterocycles. The Balaban J connectivity index is 2.69. The van der Waals surface area contributed by atoms with E-state index in [0.29, 0.717) is 16.1 Å². The summed E-state index contributed by atoms with van der Waals surface area (Å²) in [5, 5.41) is 0. The number of ether oxygens (including phenoxy) is 1. The molecule has 0 aliphatic carbocycles. The molecule has 0 atom stereocenters. The maximum atomic E-state index is 11.8. The summed E-state index contributed by atoms with van der Waals surface area (Å²) in [4.78, 5) is 0. The van der Waals surface area contributed by atoms with Crippen molar-refractivity contribution in [3.8, 4) is 5.75 Å². The van der Waals surface area contributed by atoms with E-state index in [1.807, 2.05) is 0 Å². The van der Waals surface area contributed by atoms with Crippen LogP contribution in [0.3, 0.4) is 0 Å². The summed E-state index contributed by atoms with van der Waals surface area (Å²) in [6, 6.07) is 5.09. The molecule has 1 aromatic rings. The molecule has 5 heteroatoms. The molecule has 1 nitrogen and oxygen atoms in total. The molecule has 0 aliphatic heterocycles. The van der Waals surface area contributed by atoms with Gasteiger partial charge < -0.3 is 4.74 Å². The van der Waals surface area contributed by atoms with Crippen LogP contribution in [0.4, 0.5) is 8.78 Å². The van der Waals surface area contributed by atoms with E-state index in [-0.39, 0.29) is 0 Å². The van der Waals surface area contributed by atoms with Crippen molar-refractivity contribution in [2.75, 3.05) is 6.61 Å². The van der Waals surface area contributed by atoms with E-state index >= 15 is 0 Å². The predicted octanol–water partition coefficient (Wildman–Crippen LogP) is 3.83. The summed E-state index contributed by atoms with van der Waals surface area (Å²) in [5.74, 6) is 0.785. The molecule has 0 unspecified atom stereocenters. The van der Waals surface area contributed by atoms with Gasteiger partial charge in [-0.1, -0.05) is 6.07 Å². The van der Waals surface area contributed by atoms with E-state index in [1.165, 1.54) is 0 Å². The van der Waals surface area contributed by atoms with Crippen molar-refractivity contribution >= 4 is 27.5 Å². The molecule has 0 saturated carbocycles. The fraction of sp³-hybridized carbons (Fsp3) is 0.333. The molecule has 14 heavy (non-hydrogen) atoms. The summed E-state index contributed by atoms with van der Waals surface area (Å²) >= 11 is 8.81. The first kappa shape index (κ1) is 11.7. The summed E-state index contributed by atoms with van der Waals surface area (Å²) in [6.45, 7) is -0.598. The minimum absolute atomic E-state index is 0.383. The fourth-order valence-corrected chi connectivity index (χ4v) is 1.60. The molecule has 0 aromatic heterocycles. The number of hydrogen-bond acceptors (Lipinski definition) is 1. The molecule has 0 fully saturated rings. The molecule has 0 spiro atoms. The number of halogens is 4. The van der Waals surface area contributed by atoms with Crippen LogP contribution in [0.5, 0.6) is 5.75 Å². The van der Waals surface area contributed by atoms with Gasteiger partial charge >= 0.3 is 0 Å². The Morgan fingerprint density at radius 2 is 2.14 bits per heavy atom. The topological polar surface area (TPSA) is 9.23 Å². The smallest absolute Gasteiger partial charge is 0.272 e. The standard InChI is InChI=1S/C9H8BrClF2O/c10-7-3-6(4-11)1-2-8(7)14-5-9(12)13/h1-3,9H,4-5H2. The summed E-state index contributed by atoms with van der Waals surface area (Å²) in [7, 11) is 0. The van der Waals surface area contributed by atoms with Gasteiger partial charge in [0.15, 0.2) is 0 Å². The Labute approximate surface area is 94.1 Å². The largest absolute Gasteiger partial charge is 0.486 e. The SMILES string of the molecule is FC(F)COc1ccc(CCl)cc1Br. The zero-order valence-corrected chi connectivity index (χ0v) is 9.49. The normalized spacial score (nSPS) is 10.6. The second kappa shape index (κ2) is 5.51. The lowest BCUT2D eigenvalue weighted by Crippen LogP contribution is -2.07. The number of alkyl halides is 3. The van der Waals surface area contributed by atoms with Crippen LogP contribution in [-0.2, 0) is 5.88 Å². The van der Waals surface area contributed by atoms with Crippen molar-refractivity contribution in [1.29, 1.82) is 0 Å².